The van der Waals surface area contributed by atoms with E-state index < -0.39 is 0 Å². The zero-order valence-corrected chi connectivity index (χ0v) is 21.7. The van der Waals surface area contributed by atoms with Crippen molar-refractivity contribution in [2.24, 2.45) is 15.5 Å². The van der Waals surface area contributed by atoms with Crippen molar-refractivity contribution in [1.29, 1.82) is 0 Å². The van der Waals surface area contributed by atoms with Gasteiger partial charge in [0.2, 0.25) is 5.82 Å². The van der Waals surface area contributed by atoms with Gasteiger partial charge in [-0.05, 0) is 38.1 Å². The van der Waals surface area contributed by atoms with Crippen LogP contribution in [-0.2, 0) is 4.74 Å². The minimum Gasteiger partial charge on any atom is -0.496 e. The molecular formula is C25H32N6O2S. The van der Waals surface area contributed by atoms with Crippen molar-refractivity contribution >= 4 is 32.8 Å². The lowest BCUT2D eigenvalue weighted by Crippen LogP contribution is -2.27. The van der Waals surface area contributed by atoms with E-state index in [2.05, 4.69) is 43.8 Å². The van der Waals surface area contributed by atoms with Gasteiger partial charge in [-0.15, -0.1) is 9.89 Å². The van der Waals surface area contributed by atoms with Gasteiger partial charge in [0.1, 0.15) is 16.5 Å². The van der Waals surface area contributed by atoms with Gasteiger partial charge in [-0.3, -0.25) is 0 Å². The Hall–Kier alpha value is -3.04. The molecule has 180 valence electrons. The van der Waals surface area contributed by atoms with Crippen LogP contribution < -0.4 is 9.64 Å². The highest BCUT2D eigenvalue weighted by atomic mass is 32.1. The molecule has 0 unspecified atom stereocenters. The van der Waals surface area contributed by atoms with Crippen molar-refractivity contribution in [1.82, 2.24) is 14.9 Å². The second-order valence-electron chi connectivity index (χ2n) is 9.20. The minimum absolute atomic E-state index is 0.212. The van der Waals surface area contributed by atoms with E-state index in [1.54, 1.807) is 30.3 Å². The van der Waals surface area contributed by atoms with E-state index >= 15 is 0 Å². The summed E-state index contributed by atoms with van der Waals surface area (Å²) in [6.45, 7) is 13.0. The fraction of sp³-hybridized carbons (Fsp3) is 0.440. The number of benzene rings is 1. The van der Waals surface area contributed by atoms with Gasteiger partial charge < -0.3 is 14.4 Å². The number of hydrogen-bond acceptors (Lipinski definition) is 8. The van der Waals surface area contributed by atoms with Crippen LogP contribution in [0.25, 0.3) is 11.4 Å². The summed E-state index contributed by atoms with van der Waals surface area (Å²) in [6, 6.07) is 10.1. The van der Waals surface area contributed by atoms with E-state index in [-0.39, 0.29) is 5.41 Å². The van der Waals surface area contributed by atoms with E-state index in [1.165, 1.54) is 0 Å². The second-order valence-corrected chi connectivity index (χ2v) is 10.2. The zero-order valence-electron chi connectivity index (χ0n) is 20.9. The highest BCUT2D eigenvalue weighted by Gasteiger charge is 2.35. The number of thiophene rings is 1. The molecule has 9 heteroatoms. The molecule has 4 rings (SSSR count). The van der Waals surface area contributed by atoms with Gasteiger partial charge in [-0.1, -0.05) is 43.7 Å². The Labute approximate surface area is 204 Å². The average molecular weight is 481 g/mol. The third kappa shape index (κ3) is 4.76. The van der Waals surface area contributed by atoms with Crippen LogP contribution in [-0.4, -0.2) is 60.2 Å². The molecule has 0 N–H and O–H groups in total. The highest BCUT2D eigenvalue weighted by molar-refractivity contribution is 7.19. The molecule has 0 bridgehead atoms. The van der Waals surface area contributed by atoms with Gasteiger partial charge in [-0.2, -0.15) is 5.10 Å². The Morgan fingerprint density at radius 1 is 1.15 bits per heavy atom. The molecule has 1 aliphatic heterocycles. The normalized spacial score (nSPS) is 14.4. The molecule has 3 heterocycles. The van der Waals surface area contributed by atoms with Crippen molar-refractivity contribution in [2.45, 2.75) is 34.6 Å². The Balaban J connectivity index is 1.75. The van der Waals surface area contributed by atoms with Gasteiger partial charge in [0.15, 0.2) is 5.82 Å². The third-order valence-corrected chi connectivity index (χ3v) is 6.63. The van der Waals surface area contributed by atoms with Crippen molar-refractivity contribution in [3.8, 4) is 17.1 Å². The number of fused-ring (bicyclic) bond motifs is 1. The molecule has 8 nitrogen and oxygen atoms in total. The molecule has 1 aliphatic rings. The van der Waals surface area contributed by atoms with E-state index in [4.69, 9.17) is 24.6 Å². The molecule has 0 saturated heterocycles. The monoisotopic (exact) mass is 480 g/mol. The first-order chi connectivity index (χ1) is 16.2. The fourth-order valence-electron chi connectivity index (χ4n) is 3.77. The van der Waals surface area contributed by atoms with Crippen LogP contribution in [0.2, 0.25) is 0 Å². The summed E-state index contributed by atoms with van der Waals surface area (Å²) >= 11 is 1.65. The van der Waals surface area contributed by atoms with E-state index in [1.807, 2.05) is 31.2 Å². The summed E-state index contributed by atoms with van der Waals surface area (Å²) in [5, 5.41) is 11.5. The Bertz CT molecular complexity index is 1230. The topological polar surface area (TPSA) is 77.1 Å². The van der Waals surface area contributed by atoms with Crippen LogP contribution in [0.4, 0.5) is 10.0 Å². The summed E-state index contributed by atoms with van der Waals surface area (Å²) in [7, 11) is 3.38. The van der Waals surface area contributed by atoms with Crippen molar-refractivity contribution < 1.29 is 9.47 Å². The third-order valence-electron chi connectivity index (χ3n) is 5.59. The smallest absolute Gasteiger partial charge is 0.204 e. The highest BCUT2D eigenvalue weighted by Crippen LogP contribution is 2.35. The maximum absolute atomic E-state index is 5.55. The molecule has 3 aromatic rings. The SMILES string of the molecule is CCN(CCOC)c1ccc(/N=C2/C(C(C)(C)C)=Nn3nc(-c4cc(C)ccc4OC)nc32)s1. The number of rotatable bonds is 8. The Kier molecular flexibility index (Phi) is 6.86. The Morgan fingerprint density at radius 3 is 2.62 bits per heavy atom. The lowest BCUT2D eigenvalue weighted by atomic mass is 9.87. The fourth-order valence-corrected chi connectivity index (χ4v) is 4.75. The molecule has 0 amide bonds. The molecule has 0 aliphatic carbocycles. The van der Waals surface area contributed by atoms with Gasteiger partial charge in [0, 0.05) is 25.6 Å². The first-order valence-electron chi connectivity index (χ1n) is 11.4. The summed E-state index contributed by atoms with van der Waals surface area (Å²) in [4.78, 5) is 13.8. The summed E-state index contributed by atoms with van der Waals surface area (Å²) in [5.41, 5.74) is 3.36. The van der Waals surface area contributed by atoms with Crippen molar-refractivity contribution in [2.75, 3.05) is 38.8 Å². The number of hydrogen-bond donors (Lipinski definition) is 0. The van der Waals surface area contributed by atoms with Crippen LogP contribution >= 0.6 is 11.3 Å². The van der Waals surface area contributed by atoms with E-state index in [0.29, 0.717) is 18.3 Å². The van der Waals surface area contributed by atoms with Crippen molar-refractivity contribution in [3.63, 3.8) is 0 Å². The number of nitrogens with zero attached hydrogens (tertiary/aromatic N) is 6. The molecule has 0 spiro atoms. The standard InChI is InChI=1S/C25H32N6O2S/c1-8-30(13-14-32-6)20-12-11-19(34-20)26-21-22(25(3,4)5)28-31-24(21)27-23(29-31)17-15-16(2)9-10-18(17)33-7/h9-12,15H,8,13-14H2,1-7H3/b26-21-. The lowest BCUT2D eigenvalue weighted by molar-refractivity contribution is 0.205. The number of aryl methyl sites for hydroxylation is 1. The summed E-state index contributed by atoms with van der Waals surface area (Å²) < 4.78 is 10.8. The zero-order chi connectivity index (χ0) is 24.5. The molecule has 34 heavy (non-hydrogen) atoms. The van der Waals surface area contributed by atoms with Crippen LogP contribution in [0.5, 0.6) is 5.75 Å². The van der Waals surface area contributed by atoms with Gasteiger partial charge in [-0.25, -0.2) is 9.98 Å². The van der Waals surface area contributed by atoms with Crippen LogP contribution in [0.3, 0.4) is 0 Å². The van der Waals surface area contributed by atoms with Crippen LogP contribution in [0.1, 0.15) is 39.1 Å². The number of aliphatic imine (C=N–C) groups is 1. The maximum atomic E-state index is 5.55. The van der Waals surface area contributed by atoms with Crippen LogP contribution in [0, 0.1) is 12.3 Å². The number of anilines is 1. The molecule has 0 atom stereocenters. The molecule has 0 radical (unpaired) electrons. The molecule has 2 aromatic heterocycles. The number of methoxy groups -OCH3 is 2. The average Bonchev–Trinajstić information content (AvgIpc) is 3.50. The number of likely N-dealkylation sites (N-methyl/N-ethyl adjacent to an activating group) is 1. The minimum atomic E-state index is -0.212. The first kappa shape index (κ1) is 24.1. The van der Waals surface area contributed by atoms with E-state index in [9.17, 15) is 0 Å². The maximum Gasteiger partial charge on any atom is 0.204 e. The lowest BCUT2D eigenvalue weighted by Gasteiger charge is -2.20. The summed E-state index contributed by atoms with van der Waals surface area (Å²) in [6.07, 6.45) is 0. The summed E-state index contributed by atoms with van der Waals surface area (Å²) in [5.74, 6) is 1.95. The number of ether oxygens (including phenoxy) is 2. The molecule has 0 saturated carbocycles. The van der Waals surface area contributed by atoms with Gasteiger partial charge in [0.05, 0.1) is 30.0 Å². The molecular weight excluding hydrogens is 448 g/mol. The van der Waals surface area contributed by atoms with E-state index in [0.717, 1.165) is 51.4 Å². The van der Waals surface area contributed by atoms with Gasteiger partial charge in [0.25, 0.3) is 0 Å². The predicted molar refractivity (Wildman–Crippen MR) is 139 cm³/mol. The molecule has 1 aromatic carbocycles. The largest absolute Gasteiger partial charge is 0.496 e. The quantitative estimate of drug-likeness (QED) is 0.444. The van der Waals surface area contributed by atoms with Crippen molar-refractivity contribution in [3.05, 3.63) is 41.7 Å². The van der Waals surface area contributed by atoms with Crippen LogP contribution in [0.15, 0.2) is 40.4 Å². The Morgan fingerprint density at radius 2 is 1.94 bits per heavy atom. The predicted octanol–water partition coefficient (Wildman–Crippen LogP) is 5.18. The first-order valence-corrected chi connectivity index (χ1v) is 12.2. The molecule has 0 fully saturated rings. The number of aromatic nitrogens is 3. The second kappa shape index (κ2) is 9.68. The van der Waals surface area contributed by atoms with Gasteiger partial charge >= 0.3 is 0 Å².